The molecular weight excluding hydrogens is 448 g/mol. The van der Waals surface area contributed by atoms with E-state index in [-0.39, 0.29) is 12.5 Å². The zero-order valence-electron chi connectivity index (χ0n) is 18.3. The number of pyridine rings is 1. The summed E-state index contributed by atoms with van der Waals surface area (Å²) in [5.74, 6) is -7.87. The van der Waals surface area contributed by atoms with Crippen molar-refractivity contribution in [1.82, 2.24) is 4.98 Å². The van der Waals surface area contributed by atoms with Crippen molar-refractivity contribution in [3.63, 3.8) is 0 Å². The summed E-state index contributed by atoms with van der Waals surface area (Å²) in [5, 5.41) is 0. The van der Waals surface area contributed by atoms with Gasteiger partial charge in [0.05, 0.1) is 6.61 Å². The first-order valence-electron chi connectivity index (χ1n) is 10.7. The van der Waals surface area contributed by atoms with Crippen LogP contribution in [-0.2, 0) is 6.11 Å². The van der Waals surface area contributed by atoms with Crippen LogP contribution in [0.2, 0.25) is 0 Å². The summed E-state index contributed by atoms with van der Waals surface area (Å²) >= 11 is 0. The highest BCUT2D eigenvalue weighted by Crippen LogP contribution is 2.43. The second-order valence-corrected chi connectivity index (χ2v) is 7.94. The van der Waals surface area contributed by atoms with Crippen molar-refractivity contribution >= 4 is 0 Å². The molecule has 3 nitrogen and oxygen atoms in total. The molecule has 2 aromatic rings. The number of halogens is 6. The van der Waals surface area contributed by atoms with E-state index < -0.39 is 46.8 Å². The minimum atomic E-state index is -4.18. The molecule has 0 radical (unpaired) electrons. The second-order valence-electron chi connectivity index (χ2n) is 7.94. The molecule has 0 spiro atoms. The van der Waals surface area contributed by atoms with Gasteiger partial charge in [-0.05, 0) is 69.2 Å². The smallest absolute Gasteiger partial charge is 0.430 e. The van der Waals surface area contributed by atoms with Gasteiger partial charge < -0.3 is 9.47 Å². The lowest BCUT2D eigenvalue weighted by Crippen LogP contribution is -2.29. The summed E-state index contributed by atoms with van der Waals surface area (Å²) in [7, 11) is 0. The number of ether oxygens (including phenoxy) is 2. The van der Waals surface area contributed by atoms with Crippen molar-refractivity contribution in [3.05, 3.63) is 65.4 Å². The molecule has 1 heterocycles. The molecular formula is C24H25F6NO2. The van der Waals surface area contributed by atoms with Gasteiger partial charge in [-0.15, -0.1) is 0 Å². The van der Waals surface area contributed by atoms with Gasteiger partial charge in [-0.3, -0.25) is 0 Å². The zero-order valence-corrected chi connectivity index (χ0v) is 18.3. The lowest BCUT2D eigenvalue weighted by molar-refractivity contribution is -0.189. The van der Waals surface area contributed by atoms with Crippen molar-refractivity contribution in [2.75, 3.05) is 6.61 Å². The third-order valence-corrected chi connectivity index (χ3v) is 5.78. The Bertz CT molecular complexity index is 970. The standard InChI is InChI=1S/C24H25F6NO2/c1-3-13-23(27,28)17-8-5-15(6-9-17)16-7-12-20(31-14-16)33-24(29,30)18-10-11-19(32-4-2)22(26)21(18)25/h3,7,10-15,17H,4-6,8-9H2,1-2H3/b13-3+. The summed E-state index contributed by atoms with van der Waals surface area (Å²) in [6.07, 6.45) is 1.14. The van der Waals surface area contributed by atoms with Gasteiger partial charge in [-0.25, -0.2) is 18.2 Å². The number of hydrogen-bond donors (Lipinski definition) is 0. The van der Waals surface area contributed by atoms with Gasteiger partial charge in [0, 0.05) is 18.2 Å². The van der Waals surface area contributed by atoms with E-state index in [1.165, 1.54) is 24.4 Å². The average Bonchev–Trinajstić information content (AvgIpc) is 2.77. The second kappa shape index (κ2) is 10.1. The van der Waals surface area contributed by atoms with Crippen LogP contribution in [0, 0.1) is 17.6 Å². The van der Waals surface area contributed by atoms with Crippen molar-refractivity contribution in [2.45, 2.75) is 57.5 Å². The highest BCUT2D eigenvalue weighted by molar-refractivity contribution is 5.33. The number of rotatable bonds is 8. The van der Waals surface area contributed by atoms with Gasteiger partial charge in [0.15, 0.2) is 11.6 Å². The SMILES string of the molecule is C/C=C/C(F)(F)C1CCC(c2ccc(OC(F)(F)c3ccc(OCC)c(F)c3F)nc2)CC1. The van der Waals surface area contributed by atoms with E-state index in [9.17, 15) is 26.3 Å². The van der Waals surface area contributed by atoms with Gasteiger partial charge in [0.25, 0.3) is 5.92 Å². The van der Waals surface area contributed by atoms with Crippen LogP contribution in [0.1, 0.15) is 56.6 Å². The molecule has 0 bridgehead atoms. The fourth-order valence-electron chi connectivity index (χ4n) is 4.07. The fourth-order valence-corrected chi connectivity index (χ4v) is 4.07. The Labute approximate surface area is 188 Å². The Kier molecular flexibility index (Phi) is 7.59. The Balaban J connectivity index is 1.67. The van der Waals surface area contributed by atoms with Crippen LogP contribution in [0.4, 0.5) is 26.3 Å². The van der Waals surface area contributed by atoms with Crippen molar-refractivity contribution in [1.29, 1.82) is 0 Å². The third kappa shape index (κ3) is 5.62. The number of hydrogen-bond acceptors (Lipinski definition) is 3. The maximum absolute atomic E-state index is 14.5. The monoisotopic (exact) mass is 473 g/mol. The topological polar surface area (TPSA) is 31.4 Å². The van der Waals surface area contributed by atoms with Gasteiger partial charge in [-0.1, -0.05) is 12.1 Å². The molecule has 1 aliphatic rings. The van der Waals surface area contributed by atoms with Crippen molar-refractivity contribution in [3.8, 4) is 11.6 Å². The molecule has 1 aliphatic carbocycles. The van der Waals surface area contributed by atoms with E-state index in [0.717, 1.165) is 17.7 Å². The third-order valence-electron chi connectivity index (χ3n) is 5.78. The molecule has 0 atom stereocenters. The molecule has 0 saturated heterocycles. The first-order chi connectivity index (χ1) is 15.6. The molecule has 1 aromatic heterocycles. The summed E-state index contributed by atoms with van der Waals surface area (Å²) in [5.41, 5.74) is -0.563. The first-order valence-corrected chi connectivity index (χ1v) is 10.7. The molecule has 0 unspecified atom stereocenters. The van der Waals surface area contributed by atoms with Gasteiger partial charge in [0.2, 0.25) is 11.7 Å². The normalized spacial score (nSPS) is 19.6. The van der Waals surface area contributed by atoms with E-state index in [1.807, 2.05) is 0 Å². The molecule has 3 rings (SSSR count). The quantitative estimate of drug-likeness (QED) is 0.296. The van der Waals surface area contributed by atoms with E-state index in [1.54, 1.807) is 13.8 Å². The van der Waals surface area contributed by atoms with Crippen LogP contribution in [0.15, 0.2) is 42.6 Å². The lowest BCUT2D eigenvalue weighted by atomic mass is 9.76. The number of aromatic nitrogens is 1. The zero-order chi connectivity index (χ0) is 24.2. The number of allylic oxidation sites excluding steroid dienone is 2. The molecule has 1 saturated carbocycles. The van der Waals surface area contributed by atoms with E-state index in [2.05, 4.69) is 9.72 Å². The van der Waals surface area contributed by atoms with Crippen LogP contribution >= 0.6 is 0 Å². The maximum atomic E-state index is 14.5. The van der Waals surface area contributed by atoms with E-state index in [4.69, 9.17) is 4.74 Å². The van der Waals surface area contributed by atoms with Crippen LogP contribution in [0.5, 0.6) is 11.6 Å². The molecule has 0 N–H and O–H groups in total. The minimum Gasteiger partial charge on any atom is -0.491 e. The number of nitrogens with zero attached hydrogens (tertiary/aromatic N) is 1. The summed E-state index contributed by atoms with van der Waals surface area (Å²) in [4.78, 5) is 3.86. The van der Waals surface area contributed by atoms with Crippen molar-refractivity contribution < 1.29 is 35.8 Å². The first kappa shape index (κ1) is 24.9. The Morgan fingerprint density at radius 2 is 1.70 bits per heavy atom. The fraction of sp³-hybridized carbons (Fsp3) is 0.458. The molecule has 0 aliphatic heterocycles. The number of alkyl halides is 4. The Hall–Kier alpha value is -2.71. The highest BCUT2D eigenvalue weighted by atomic mass is 19.3. The Morgan fingerprint density at radius 3 is 2.27 bits per heavy atom. The maximum Gasteiger partial charge on any atom is 0.430 e. The van der Waals surface area contributed by atoms with Crippen LogP contribution < -0.4 is 9.47 Å². The average molecular weight is 473 g/mol. The van der Waals surface area contributed by atoms with Gasteiger partial charge >= 0.3 is 6.11 Å². The Morgan fingerprint density at radius 1 is 1.00 bits per heavy atom. The largest absolute Gasteiger partial charge is 0.491 e. The molecule has 9 heteroatoms. The molecule has 180 valence electrons. The molecule has 1 aromatic carbocycles. The summed E-state index contributed by atoms with van der Waals surface area (Å²) in [6, 6.07) is 4.33. The number of benzene rings is 1. The molecule has 0 amide bonds. The summed E-state index contributed by atoms with van der Waals surface area (Å²) in [6.45, 7) is 3.14. The summed E-state index contributed by atoms with van der Waals surface area (Å²) < 4.78 is 94.6. The molecule has 1 fully saturated rings. The lowest BCUT2D eigenvalue weighted by Gasteiger charge is -2.32. The van der Waals surface area contributed by atoms with Gasteiger partial charge in [-0.2, -0.15) is 13.2 Å². The van der Waals surface area contributed by atoms with E-state index >= 15 is 0 Å². The molecule has 33 heavy (non-hydrogen) atoms. The highest BCUT2D eigenvalue weighted by Gasteiger charge is 2.41. The predicted molar refractivity (Wildman–Crippen MR) is 111 cm³/mol. The van der Waals surface area contributed by atoms with Crippen LogP contribution in [0.3, 0.4) is 0 Å². The van der Waals surface area contributed by atoms with Crippen molar-refractivity contribution in [2.24, 2.45) is 5.92 Å². The van der Waals surface area contributed by atoms with E-state index in [0.29, 0.717) is 31.7 Å². The van der Waals surface area contributed by atoms with Crippen LogP contribution in [-0.4, -0.2) is 17.5 Å². The minimum absolute atomic E-state index is 0.0256. The van der Waals surface area contributed by atoms with Gasteiger partial charge in [0.1, 0.15) is 5.56 Å². The predicted octanol–water partition coefficient (Wildman–Crippen LogP) is 7.37. The van der Waals surface area contributed by atoms with Crippen LogP contribution in [0.25, 0.3) is 0 Å².